The number of aryl methyl sites for hydroxylation is 1. The molecule has 3 nitrogen and oxygen atoms in total. The number of rotatable bonds is 4. The highest BCUT2D eigenvalue weighted by molar-refractivity contribution is 7.99. The fraction of sp³-hybridized carbons (Fsp3) is 0.333. The molecule has 106 valence electrons. The average Bonchev–Trinajstić information content (AvgIpc) is 2.91. The topological polar surface area (TPSA) is 44.5 Å². The molecule has 0 spiro atoms. The molecule has 1 aromatic heterocycles. The van der Waals surface area contributed by atoms with E-state index in [9.17, 15) is 0 Å². The lowest BCUT2D eigenvalue weighted by molar-refractivity contribution is 0.171. The van der Waals surface area contributed by atoms with Gasteiger partial charge in [0.25, 0.3) is 0 Å². The zero-order valence-electron chi connectivity index (χ0n) is 11.3. The molecule has 20 heavy (non-hydrogen) atoms. The number of hydrogen-bond acceptors (Lipinski definition) is 5. The van der Waals surface area contributed by atoms with Gasteiger partial charge < -0.3 is 15.2 Å². The molecule has 0 saturated carbocycles. The van der Waals surface area contributed by atoms with Crippen LogP contribution in [0.2, 0.25) is 0 Å². The second-order valence-electron chi connectivity index (χ2n) is 4.62. The van der Waals surface area contributed by atoms with Crippen LogP contribution in [0.3, 0.4) is 0 Å². The zero-order chi connectivity index (χ0) is 13.9. The molecule has 1 aliphatic rings. The Balaban J connectivity index is 1.81. The van der Waals surface area contributed by atoms with Crippen LogP contribution in [0.15, 0.2) is 34.5 Å². The van der Waals surface area contributed by atoms with E-state index < -0.39 is 0 Å². The molecule has 0 saturated heterocycles. The van der Waals surface area contributed by atoms with Gasteiger partial charge in [-0.25, -0.2) is 0 Å². The Kier molecular flexibility index (Phi) is 4.19. The molecule has 0 amide bonds. The third-order valence-electron chi connectivity index (χ3n) is 3.20. The van der Waals surface area contributed by atoms with Gasteiger partial charge in [-0.15, -0.1) is 23.1 Å². The number of hydrogen-bond donors (Lipinski definition) is 1. The van der Waals surface area contributed by atoms with E-state index >= 15 is 0 Å². The van der Waals surface area contributed by atoms with Gasteiger partial charge in [-0.05, 0) is 42.1 Å². The van der Waals surface area contributed by atoms with Gasteiger partial charge in [0.1, 0.15) is 13.2 Å². The Hall–Kier alpha value is -1.17. The first kappa shape index (κ1) is 13.8. The van der Waals surface area contributed by atoms with E-state index in [0.29, 0.717) is 19.8 Å². The lowest BCUT2D eigenvalue weighted by Crippen LogP contribution is -2.15. The van der Waals surface area contributed by atoms with E-state index in [1.165, 1.54) is 10.4 Å². The van der Waals surface area contributed by atoms with Crippen molar-refractivity contribution in [1.82, 2.24) is 0 Å². The summed E-state index contributed by atoms with van der Waals surface area (Å²) >= 11 is 3.56. The first-order valence-corrected chi connectivity index (χ1v) is 8.34. The molecule has 3 rings (SSSR count). The Morgan fingerprint density at radius 1 is 1.25 bits per heavy atom. The van der Waals surface area contributed by atoms with Gasteiger partial charge in [0.15, 0.2) is 11.5 Å². The van der Waals surface area contributed by atoms with Crippen molar-refractivity contribution in [3.05, 3.63) is 40.1 Å². The first-order chi connectivity index (χ1) is 9.78. The second-order valence-corrected chi connectivity index (χ2v) is 6.84. The standard InChI is InChI=1S/C15H17NO2S2/c1-10-4-7-19-15(10)14(9-16)20-11-2-3-12-13(8-11)18-6-5-17-12/h2-4,7-8,14H,5-6,9,16H2,1H3. The van der Waals surface area contributed by atoms with E-state index in [1.54, 1.807) is 23.1 Å². The third-order valence-corrected chi connectivity index (χ3v) is 5.72. The fourth-order valence-electron chi connectivity index (χ4n) is 2.18. The van der Waals surface area contributed by atoms with Gasteiger partial charge in [0.05, 0.1) is 5.25 Å². The number of thioether (sulfide) groups is 1. The number of benzene rings is 1. The van der Waals surface area contributed by atoms with Gasteiger partial charge in [0.2, 0.25) is 0 Å². The fourth-order valence-corrected chi connectivity index (χ4v) is 4.46. The number of ether oxygens (including phenoxy) is 2. The summed E-state index contributed by atoms with van der Waals surface area (Å²) in [6, 6.07) is 8.24. The van der Waals surface area contributed by atoms with Crippen LogP contribution in [0.25, 0.3) is 0 Å². The summed E-state index contributed by atoms with van der Waals surface area (Å²) in [7, 11) is 0. The Labute approximate surface area is 127 Å². The third kappa shape index (κ3) is 2.80. The molecule has 2 aromatic rings. The first-order valence-electron chi connectivity index (χ1n) is 6.58. The highest BCUT2D eigenvalue weighted by Crippen LogP contribution is 2.41. The molecule has 0 fully saturated rings. The maximum atomic E-state index is 5.95. The predicted molar refractivity (Wildman–Crippen MR) is 84.1 cm³/mol. The molecular weight excluding hydrogens is 290 g/mol. The van der Waals surface area contributed by atoms with Crippen molar-refractivity contribution in [2.24, 2.45) is 5.73 Å². The normalized spacial score (nSPS) is 15.1. The van der Waals surface area contributed by atoms with Crippen LogP contribution in [-0.4, -0.2) is 19.8 Å². The minimum atomic E-state index is 0.289. The van der Waals surface area contributed by atoms with Gasteiger partial charge in [-0.2, -0.15) is 0 Å². The maximum absolute atomic E-state index is 5.95. The van der Waals surface area contributed by atoms with Crippen molar-refractivity contribution in [2.75, 3.05) is 19.8 Å². The molecule has 0 aliphatic carbocycles. The van der Waals surface area contributed by atoms with E-state index in [0.717, 1.165) is 16.4 Å². The highest BCUT2D eigenvalue weighted by Gasteiger charge is 2.17. The molecule has 2 heterocycles. The second kappa shape index (κ2) is 6.08. The van der Waals surface area contributed by atoms with Crippen molar-refractivity contribution >= 4 is 23.1 Å². The molecule has 1 aromatic carbocycles. The largest absolute Gasteiger partial charge is 0.486 e. The SMILES string of the molecule is Cc1ccsc1C(CN)Sc1ccc2c(c1)OCCO2. The van der Waals surface area contributed by atoms with Crippen LogP contribution in [0, 0.1) is 6.92 Å². The summed E-state index contributed by atoms with van der Waals surface area (Å²) in [4.78, 5) is 2.52. The average molecular weight is 307 g/mol. The molecule has 1 atom stereocenters. The molecule has 2 N–H and O–H groups in total. The van der Waals surface area contributed by atoms with Crippen molar-refractivity contribution in [3.8, 4) is 11.5 Å². The molecular formula is C15H17NO2S2. The van der Waals surface area contributed by atoms with Crippen LogP contribution >= 0.6 is 23.1 Å². The van der Waals surface area contributed by atoms with Crippen LogP contribution in [-0.2, 0) is 0 Å². The van der Waals surface area contributed by atoms with Crippen LogP contribution in [0.4, 0.5) is 0 Å². The number of fused-ring (bicyclic) bond motifs is 1. The van der Waals surface area contributed by atoms with E-state index in [2.05, 4.69) is 24.4 Å². The molecule has 0 radical (unpaired) electrons. The Bertz CT molecular complexity index is 597. The lowest BCUT2D eigenvalue weighted by atomic mass is 10.2. The summed E-state index contributed by atoms with van der Waals surface area (Å²) in [6.07, 6.45) is 0. The summed E-state index contributed by atoms with van der Waals surface area (Å²) in [5, 5.41) is 2.41. The molecule has 1 unspecified atom stereocenters. The smallest absolute Gasteiger partial charge is 0.162 e. The van der Waals surface area contributed by atoms with Gasteiger partial charge in [0, 0.05) is 16.3 Å². The summed E-state index contributed by atoms with van der Waals surface area (Å²) in [5.41, 5.74) is 7.26. The van der Waals surface area contributed by atoms with E-state index in [-0.39, 0.29) is 5.25 Å². The maximum Gasteiger partial charge on any atom is 0.162 e. The highest BCUT2D eigenvalue weighted by atomic mass is 32.2. The lowest BCUT2D eigenvalue weighted by Gasteiger charge is -2.20. The summed E-state index contributed by atoms with van der Waals surface area (Å²) in [6.45, 7) is 4.00. The van der Waals surface area contributed by atoms with Crippen LogP contribution in [0.5, 0.6) is 11.5 Å². The molecule has 1 aliphatic heterocycles. The van der Waals surface area contributed by atoms with Crippen molar-refractivity contribution in [3.63, 3.8) is 0 Å². The van der Waals surface area contributed by atoms with E-state index in [4.69, 9.17) is 15.2 Å². The monoisotopic (exact) mass is 307 g/mol. The Morgan fingerprint density at radius 2 is 2.05 bits per heavy atom. The quantitative estimate of drug-likeness (QED) is 0.876. The zero-order valence-corrected chi connectivity index (χ0v) is 12.9. The van der Waals surface area contributed by atoms with Gasteiger partial charge in [-0.1, -0.05) is 0 Å². The predicted octanol–water partition coefficient (Wildman–Crippen LogP) is 3.62. The Morgan fingerprint density at radius 3 is 2.75 bits per heavy atom. The minimum absolute atomic E-state index is 0.289. The van der Waals surface area contributed by atoms with Crippen LogP contribution < -0.4 is 15.2 Å². The van der Waals surface area contributed by atoms with Gasteiger partial charge in [-0.3, -0.25) is 0 Å². The minimum Gasteiger partial charge on any atom is -0.486 e. The molecule has 5 heteroatoms. The van der Waals surface area contributed by atoms with Gasteiger partial charge >= 0.3 is 0 Å². The van der Waals surface area contributed by atoms with Crippen LogP contribution in [0.1, 0.15) is 15.7 Å². The molecule has 0 bridgehead atoms. The van der Waals surface area contributed by atoms with Crippen molar-refractivity contribution < 1.29 is 9.47 Å². The number of thiophene rings is 1. The summed E-state index contributed by atoms with van der Waals surface area (Å²) < 4.78 is 11.2. The van der Waals surface area contributed by atoms with Crippen molar-refractivity contribution in [1.29, 1.82) is 0 Å². The number of nitrogens with two attached hydrogens (primary N) is 1. The van der Waals surface area contributed by atoms with E-state index in [1.807, 2.05) is 12.1 Å². The van der Waals surface area contributed by atoms with Crippen molar-refractivity contribution in [2.45, 2.75) is 17.1 Å². The summed E-state index contributed by atoms with van der Waals surface area (Å²) in [5.74, 6) is 1.66.